The molecule has 1 unspecified atom stereocenters. The molecule has 0 aromatic heterocycles. The molecule has 2 nitrogen and oxygen atoms in total. The number of hydrogen-bond donors (Lipinski definition) is 0. The second-order valence-electron chi connectivity index (χ2n) is 4.87. The third kappa shape index (κ3) is 5.19. The van der Waals surface area contributed by atoms with Crippen molar-refractivity contribution in [3.05, 3.63) is 34.9 Å². The van der Waals surface area contributed by atoms with Gasteiger partial charge < -0.3 is 4.79 Å². The molecule has 0 saturated heterocycles. The largest absolute Gasteiger partial charge is 0.300 e. The van der Waals surface area contributed by atoms with Crippen molar-refractivity contribution in [1.82, 2.24) is 4.90 Å². The van der Waals surface area contributed by atoms with Crippen molar-refractivity contribution in [3.8, 4) is 0 Å². The number of halogens is 1. The van der Waals surface area contributed by atoms with Crippen molar-refractivity contribution in [2.45, 2.75) is 39.2 Å². The van der Waals surface area contributed by atoms with E-state index in [4.69, 9.17) is 11.6 Å². The van der Waals surface area contributed by atoms with Crippen LogP contribution < -0.4 is 0 Å². The molecule has 0 bridgehead atoms. The molecule has 1 atom stereocenters. The molecule has 18 heavy (non-hydrogen) atoms. The number of carbonyl (C=O) groups excluding carboxylic acids is 1. The van der Waals surface area contributed by atoms with Crippen molar-refractivity contribution >= 4 is 17.4 Å². The van der Waals surface area contributed by atoms with Crippen LogP contribution >= 0.6 is 11.6 Å². The van der Waals surface area contributed by atoms with E-state index in [-0.39, 0.29) is 5.78 Å². The summed E-state index contributed by atoms with van der Waals surface area (Å²) in [5.74, 6) is 0.281. The molecule has 1 aromatic carbocycles. The molecule has 0 aliphatic carbocycles. The maximum absolute atomic E-state index is 10.8. The minimum atomic E-state index is 0.281. The first-order chi connectivity index (χ1) is 8.50. The van der Waals surface area contributed by atoms with Gasteiger partial charge in [0, 0.05) is 17.5 Å². The topological polar surface area (TPSA) is 20.3 Å². The van der Waals surface area contributed by atoms with Crippen molar-refractivity contribution in [2.75, 3.05) is 13.6 Å². The Morgan fingerprint density at radius 1 is 1.28 bits per heavy atom. The monoisotopic (exact) mass is 267 g/mol. The molecule has 3 heteroatoms. The van der Waals surface area contributed by atoms with Gasteiger partial charge in [0.05, 0.1) is 0 Å². The number of hydrogen-bond acceptors (Lipinski definition) is 2. The maximum Gasteiger partial charge on any atom is 0.129 e. The van der Waals surface area contributed by atoms with Crippen molar-refractivity contribution in [3.63, 3.8) is 0 Å². The Morgan fingerprint density at radius 3 is 2.44 bits per heavy atom. The molecule has 0 saturated carbocycles. The van der Waals surface area contributed by atoms with Crippen LogP contribution in [0.1, 0.15) is 44.7 Å². The molecule has 1 rings (SSSR count). The van der Waals surface area contributed by atoms with Gasteiger partial charge in [0.2, 0.25) is 0 Å². The summed E-state index contributed by atoms with van der Waals surface area (Å²) < 4.78 is 0. The number of Topliss-reactive ketones (excluding diaryl/α,β-unsaturated/α-hetero) is 1. The Labute approximate surface area is 115 Å². The van der Waals surface area contributed by atoms with Crippen LogP contribution in [0.3, 0.4) is 0 Å². The van der Waals surface area contributed by atoms with Crippen LogP contribution in [0.4, 0.5) is 0 Å². The first-order valence-corrected chi connectivity index (χ1v) is 6.83. The molecule has 1 aromatic rings. The van der Waals surface area contributed by atoms with E-state index in [2.05, 4.69) is 31.0 Å². The molecule has 0 fully saturated rings. The van der Waals surface area contributed by atoms with E-state index in [0.29, 0.717) is 12.5 Å². The molecular formula is C15H22ClNO. The summed E-state index contributed by atoms with van der Waals surface area (Å²) in [7, 11) is 2.12. The van der Waals surface area contributed by atoms with Crippen molar-refractivity contribution in [2.24, 2.45) is 0 Å². The summed E-state index contributed by atoms with van der Waals surface area (Å²) in [4.78, 5) is 13.2. The highest BCUT2D eigenvalue weighted by Crippen LogP contribution is 2.21. The van der Waals surface area contributed by atoms with Gasteiger partial charge in [0.15, 0.2) is 0 Å². The third-order valence-corrected chi connectivity index (χ3v) is 3.56. The van der Waals surface area contributed by atoms with Crippen molar-refractivity contribution in [1.29, 1.82) is 0 Å². The fourth-order valence-corrected chi connectivity index (χ4v) is 2.05. The van der Waals surface area contributed by atoms with E-state index < -0.39 is 0 Å². The highest BCUT2D eigenvalue weighted by Gasteiger charge is 2.10. The van der Waals surface area contributed by atoms with Gasteiger partial charge in [-0.15, -0.1) is 0 Å². The van der Waals surface area contributed by atoms with E-state index in [1.165, 1.54) is 5.56 Å². The predicted octanol–water partition coefficient (Wildman–Crippen LogP) is 4.09. The quantitative estimate of drug-likeness (QED) is 0.694. The Bertz CT molecular complexity index is 375. The van der Waals surface area contributed by atoms with Crippen LogP contribution in [0.5, 0.6) is 0 Å². The highest BCUT2D eigenvalue weighted by molar-refractivity contribution is 6.30. The number of ketones is 1. The fourth-order valence-electron chi connectivity index (χ4n) is 1.92. The number of nitrogens with zero attached hydrogens (tertiary/aromatic N) is 1. The van der Waals surface area contributed by atoms with Crippen LogP contribution in [0.2, 0.25) is 5.02 Å². The van der Waals surface area contributed by atoms with Gasteiger partial charge in [-0.05, 0) is 58.0 Å². The Hall–Kier alpha value is -0.860. The van der Waals surface area contributed by atoms with Crippen LogP contribution in [-0.2, 0) is 4.79 Å². The Morgan fingerprint density at radius 2 is 1.89 bits per heavy atom. The number of unbranched alkanes of at least 4 members (excludes halogenated alkanes) is 1. The summed E-state index contributed by atoms with van der Waals surface area (Å²) >= 11 is 5.88. The molecule has 0 radical (unpaired) electrons. The zero-order valence-corrected chi connectivity index (χ0v) is 12.2. The predicted molar refractivity (Wildman–Crippen MR) is 77.0 cm³/mol. The normalized spacial score (nSPS) is 12.7. The third-order valence-electron chi connectivity index (χ3n) is 3.30. The molecule has 0 aliphatic rings. The lowest BCUT2D eigenvalue weighted by Crippen LogP contribution is -2.23. The van der Waals surface area contributed by atoms with Gasteiger partial charge in [-0.1, -0.05) is 23.7 Å². The number of rotatable bonds is 7. The van der Waals surface area contributed by atoms with Gasteiger partial charge in [-0.25, -0.2) is 0 Å². The van der Waals surface area contributed by atoms with Gasteiger partial charge in [-0.3, -0.25) is 4.90 Å². The van der Waals surface area contributed by atoms with Crippen LogP contribution in [-0.4, -0.2) is 24.3 Å². The standard InChI is InChI=1S/C15H22ClNO/c1-12(18)6-4-5-11-17(3)13(2)14-7-9-15(16)10-8-14/h7-10,13H,4-6,11H2,1-3H3. The SMILES string of the molecule is CC(=O)CCCCN(C)C(C)c1ccc(Cl)cc1. The first kappa shape index (κ1) is 15.2. The zero-order valence-electron chi connectivity index (χ0n) is 11.4. The van der Waals surface area contributed by atoms with E-state index >= 15 is 0 Å². The van der Waals surface area contributed by atoms with Crippen LogP contribution in [0.25, 0.3) is 0 Å². The second kappa shape index (κ2) is 7.55. The molecule has 0 N–H and O–H groups in total. The smallest absolute Gasteiger partial charge is 0.129 e. The summed E-state index contributed by atoms with van der Waals surface area (Å²) in [6, 6.07) is 8.37. The lowest BCUT2D eigenvalue weighted by atomic mass is 10.1. The van der Waals surface area contributed by atoms with E-state index in [1.54, 1.807) is 6.92 Å². The van der Waals surface area contributed by atoms with Gasteiger partial charge in [-0.2, -0.15) is 0 Å². The van der Waals surface area contributed by atoms with Gasteiger partial charge >= 0.3 is 0 Å². The minimum Gasteiger partial charge on any atom is -0.300 e. The Balaban J connectivity index is 2.38. The summed E-state index contributed by atoms with van der Waals surface area (Å²) in [5.41, 5.74) is 1.27. The van der Waals surface area contributed by atoms with E-state index in [1.807, 2.05) is 12.1 Å². The summed E-state index contributed by atoms with van der Waals surface area (Å²) in [6.45, 7) is 4.85. The summed E-state index contributed by atoms with van der Waals surface area (Å²) in [6.07, 6.45) is 2.74. The average molecular weight is 268 g/mol. The molecule has 0 aliphatic heterocycles. The fraction of sp³-hybridized carbons (Fsp3) is 0.533. The average Bonchev–Trinajstić information content (AvgIpc) is 2.34. The maximum atomic E-state index is 10.8. The molecule has 0 amide bonds. The van der Waals surface area contributed by atoms with Gasteiger partial charge in [0.25, 0.3) is 0 Å². The van der Waals surface area contributed by atoms with E-state index in [0.717, 1.165) is 24.4 Å². The van der Waals surface area contributed by atoms with Crippen molar-refractivity contribution < 1.29 is 4.79 Å². The molecular weight excluding hydrogens is 246 g/mol. The molecule has 0 heterocycles. The molecule has 0 spiro atoms. The lowest BCUT2D eigenvalue weighted by Gasteiger charge is -2.25. The highest BCUT2D eigenvalue weighted by atomic mass is 35.5. The van der Waals surface area contributed by atoms with Crippen LogP contribution in [0.15, 0.2) is 24.3 Å². The minimum absolute atomic E-state index is 0.281. The summed E-state index contributed by atoms with van der Waals surface area (Å²) in [5, 5.41) is 0.773. The first-order valence-electron chi connectivity index (χ1n) is 6.46. The second-order valence-corrected chi connectivity index (χ2v) is 5.30. The Kier molecular flexibility index (Phi) is 6.37. The lowest BCUT2D eigenvalue weighted by molar-refractivity contribution is -0.117. The number of benzene rings is 1. The molecule has 100 valence electrons. The number of carbonyl (C=O) groups is 1. The van der Waals surface area contributed by atoms with Crippen LogP contribution in [0, 0.1) is 0 Å². The van der Waals surface area contributed by atoms with Gasteiger partial charge in [0.1, 0.15) is 5.78 Å². The zero-order chi connectivity index (χ0) is 13.5. The van der Waals surface area contributed by atoms with E-state index in [9.17, 15) is 4.79 Å².